The summed E-state index contributed by atoms with van der Waals surface area (Å²) >= 11 is 0. The number of nitrogens with one attached hydrogen (secondary N) is 1. The highest BCUT2D eigenvalue weighted by molar-refractivity contribution is 5.80. The summed E-state index contributed by atoms with van der Waals surface area (Å²) in [6.45, 7) is 5.41. The molecule has 0 saturated carbocycles. The number of piperazine rings is 1. The van der Waals surface area contributed by atoms with E-state index in [0.29, 0.717) is 0 Å². The number of benzene rings is 2. The lowest BCUT2D eigenvalue weighted by Gasteiger charge is -2.37. The highest BCUT2D eigenvalue weighted by Crippen LogP contribution is 2.22. The van der Waals surface area contributed by atoms with Gasteiger partial charge in [0, 0.05) is 76.9 Å². The number of guanidine groups is 1. The maximum atomic E-state index is 5.37. The second-order valence-electron chi connectivity index (χ2n) is 7.86. The fraction of sp³-hybridized carbons (Fsp3) is 0.360. The first kappa shape index (κ1) is 21.7. The van der Waals surface area contributed by atoms with E-state index in [0.717, 1.165) is 63.2 Å². The van der Waals surface area contributed by atoms with E-state index < -0.39 is 0 Å². The van der Waals surface area contributed by atoms with E-state index in [9.17, 15) is 0 Å². The van der Waals surface area contributed by atoms with Crippen molar-refractivity contribution in [1.29, 1.82) is 0 Å². The first-order valence-electron chi connectivity index (χ1n) is 11.2. The Kier molecular flexibility index (Phi) is 7.27. The minimum atomic E-state index is 0.800. The molecule has 7 nitrogen and oxygen atoms in total. The lowest BCUT2D eigenvalue weighted by molar-refractivity contribution is 0.372. The summed E-state index contributed by atoms with van der Waals surface area (Å²) in [5.41, 5.74) is 2.49. The van der Waals surface area contributed by atoms with E-state index >= 15 is 0 Å². The van der Waals surface area contributed by atoms with E-state index in [2.05, 4.69) is 72.3 Å². The first-order chi connectivity index (χ1) is 15.8. The van der Waals surface area contributed by atoms with Gasteiger partial charge in [0.15, 0.2) is 5.96 Å². The first-order valence-corrected chi connectivity index (χ1v) is 11.2. The molecular formula is C25H32N6O. The molecule has 32 heavy (non-hydrogen) atoms. The monoisotopic (exact) mass is 432 g/mol. The number of hydrogen-bond acceptors (Lipinski definition) is 4. The van der Waals surface area contributed by atoms with Crippen LogP contribution < -0.4 is 15.0 Å². The Morgan fingerprint density at radius 2 is 1.88 bits per heavy atom. The summed E-state index contributed by atoms with van der Waals surface area (Å²) in [5, 5.41) is 3.53. The molecule has 0 unspecified atom stereocenters. The van der Waals surface area contributed by atoms with Crippen LogP contribution in [0.4, 0.5) is 5.69 Å². The van der Waals surface area contributed by atoms with Gasteiger partial charge in [-0.25, -0.2) is 4.98 Å². The van der Waals surface area contributed by atoms with Crippen LogP contribution in [0.25, 0.3) is 0 Å². The number of rotatable bonds is 7. The third-order valence-corrected chi connectivity index (χ3v) is 5.84. The summed E-state index contributed by atoms with van der Waals surface area (Å²) in [5.74, 6) is 2.93. The van der Waals surface area contributed by atoms with Crippen molar-refractivity contribution in [2.75, 3.05) is 51.8 Å². The van der Waals surface area contributed by atoms with Gasteiger partial charge in [-0.3, -0.25) is 4.99 Å². The molecule has 0 aliphatic carbocycles. The fourth-order valence-electron chi connectivity index (χ4n) is 4.09. The Hall–Kier alpha value is -3.48. The topological polar surface area (TPSA) is 57.9 Å². The Labute approximate surface area is 190 Å². The summed E-state index contributed by atoms with van der Waals surface area (Å²) < 4.78 is 7.58. The molecule has 0 atom stereocenters. The summed E-state index contributed by atoms with van der Waals surface area (Å²) in [7, 11) is 3.56. The maximum absolute atomic E-state index is 5.37. The van der Waals surface area contributed by atoms with Crippen molar-refractivity contribution in [3.8, 4) is 5.75 Å². The molecule has 1 aromatic heterocycles. The van der Waals surface area contributed by atoms with E-state index in [1.807, 2.05) is 31.4 Å². The highest BCUT2D eigenvalue weighted by Gasteiger charge is 2.20. The quantitative estimate of drug-likeness (QED) is 0.460. The van der Waals surface area contributed by atoms with Gasteiger partial charge >= 0.3 is 0 Å². The Morgan fingerprint density at radius 3 is 2.62 bits per heavy atom. The van der Waals surface area contributed by atoms with Gasteiger partial charge in [0.1, 0.15) is 11.6 Å². The van der Waals surface area contributed by atoms with Crippen molar-refractivity contribution in [2.45, 2.75) is 13.0 Å². The third-order valence-electron chi connectivity index (χ3n) is 5.84. The molecule has 4 rings (SSSR count). The van der Waals surface area contributed by atoms with Gasteiger partial charge in [0.05, 0.1) is 7.11 Å². The summed E-state index contributed by atoms with van der Waals surface area (Å²) in [6.07, 6.45) is 4.78. The fourth-order valence-corrected chi connectivity index (χ4v) is 4.09. The molecule has 0 bridgehead atoms. The Bertz CT molecular complexity index is 1010. The van der Waals surface area contributed by atoms with Crippen LogP contribution in [-0.4, -0.2) is 67.3 Å². The Balaban J connectivity index is 1.27. The molecule has 2 heterocycles. The van der Waals surface area contributed by atoms with Crippen LogP contribution in [0, 0.1) is 0 Å². The molecular weight excluding hydrogens is 400 g/mol. The van der Waals surface area contributed by atoms with Gasteiger partial charge in [0.25, 0.3) is 0 Å². The summed E-state index contributed by atoms with van der Waals surface area (Å²) in [6, 6.07) is 18.8. The number of anilines is 1. The summed E-state index contributed by atoms with van der Waals surface area (Å²) in [4.78, 5) is 13.8. The molecule has 168 valence electrons. The smallest absolute Gasteiger partial charge is 0.193 e. The van der Waals surface area contributed by atoms with Crippen molar-refractivity contribution in [3.05, 3.63) is 78.4 Å². The standard InChI is InChI=1S/C25H32N6O/c1-26-25(30-17-15-29(16-18-30)22-9-6-10-23(19-22)32-2)28-12-11-24-27-13-14-31(24)20-21-7-4-3-5-8-21/h3-10,13-14,19H,11-12,15-18,20H2,1-2H3,(H,26,28). The van der Waals surface area contributed by atoms with Gasteiger partial charge in [0.2, 0.25) is 0 Å². The molecule has 1 aliphatic rings. The molecule has 7 heteroatoms. The molecule has 3 aromatic rings. The Morgan fingerprint density at radius 1 is 1.06 bits per heavy atom. The average Bonchev–Trinajstić information content (AvgIpc) is 3.29. The zero-order valence-electron chi connectivity index (χ0n) is 18.9. The van der Waals surface area contributed by atoms with E-state index in [1.165, 1.54) is 11.3 Å². The normalized spacial score (nSPS) is 14.5. The van der Waals surface area contributed by atoms with Crippen molar-refractivity contribution >= 4 is 11.6 Å². The second kappa shape index (κ2) is 10.7. The van der Waals surface area contributed by atoms with Gasteiger partial charge in [-0.15, -0.1) is 0 Å². The van der Waals surface area contributed by atoms with Crippen LogP contribution in [0.3, 0.4) is 0 Å². The number of aliphatic imine (C=N–C) groups is 1. The number of hydrogen-bond donors (Lipinski definition) is 1. The van der Waals surface area contributed by atoms with Crippen molar-refractivity contribution < 1.29 is 4.74 Å². The van der Waals surface area contributed by atoms with Gasteiger partial charge in [-0.2, -0.15) is 0 Å². The molecule has 0 spiro atoms. The van der Waals surface area contributed by atoms with Crippen LogP contribution in [0.2, 0.25) is 0 Å². The number of methoxy groups -OCH3 is 1. The predicted molar refractivity (Wildman–Crippen MR) is 130 cm³/mol. The maximum Gasteiger partial charge on any atom is 0.193 e. The highest BCUT2D eigenvalue weighted by atomic mass is 16.5. The third kappa shape index (κ3) is 5.41. The van der Waals surface area contributed by atoms with Gasteiger partial charge < -0.3 is 24.4 Å². The zero-order chi connectivity index (χ0) is 22.2. The SMILES string of the molecule is CN=C(NCCc1nccn1Cc1ccccc1)N1CCN(c2cccc(OC)c2)CC1. The predicted octanol–water partition coefficient (Wildman–Crippen LogP) is 2.88. The van der Waals surface area contributed by atoms with E-state index in [1.54, 1.807) is 7.11 Å². The van der Waals surface area contributed by atoms with Crippen LogP contribution >= 0.6 is 0 Å². The van der Waals surface area contributed by atoms with Gasteiger partial charge in [-0.1, -0.05) is 36.4 Å². The molecule has 1 aliphatic heterocycles. The van der Waals surface area contributed by atoms with Gasteiger partial charge in [-0.05, 0) is 17.7 Å². The van der Waals surface area contributed by atoms with Crippen molar-refractivity contribution in [1.82, 2.24) is 19.8 Å². The largest absolute Gasteiger partial charge is 0.497 e. The van der Waals surface area contributed by atoms with Crippen molar-refractivity contribution in [3.63, 3.8) is 0 Å². The van der Waals surface area contributed by atoms with E-state index in [-0.39, 0.29) is 0 Å². The van der Waals surface area contributed by atoms with E-state index in [4.69, 9.17) is 4.74 Å². The zero-order valence-corrected chi connectivity index (χ0v) is 18.9. The van der Waals surface area contributed by atoms with Crippen LogP contribution in [0.15, 0.2) is 72.0 Å². The second-order valence-corrected chi connectivity index (χ2v) is 7.86. The number of aromatic nitrogens is 2. The minimum absolute atomic E-state index is 0.800. The van der Waals surface area contributed by atoms with Crippen LogP contribution in [0.1, 0.15) is 11.4 Å². The van der Waals surface area contributed by atoms with Crippen molar-refractivity contribution in [2.24, 2.45) is 4.99 Å². The number of ether oxygens (including phenoxy) is 1. The molecule has 1 fully saturated rings. The molecule has 1 N–H and O–H groups in total. The molecule has 2 aromatic carbocycles. The molecule has 0 radical (unpaired) electrons. The number of nitrogens with zero attached hydrogens (tertiary/aromatic N) is 5. The average molecular weight is 433 g/mol. The lowest BCUT2D eigenvalue weighted by atomic mass is 10.2. The minimum Gasteiger partial charge on any atom is -0.497 e. The molecule has 0 amide bonds. The molecule has 1 saturated heterocycles. The van der Waals surface area contributed by atoms with Crippen LogP contribution in [-0.2, 0) is 13.0 Å². The number of imidazole rings is 1. The lowest BCUT2D eigenvalue weighted by Crippen LogP contribution is -2.52. The van der Waals surface area contributed by atoms with Crippen LogP contribution in [0.5, 0.6) is 5.75 Å².